The fourth-order valence-electron chi connectivity index (χ4n) is 1.31. The lowest BCUT2D eigenvalue weighted by atomic mass is 10.3. The van der Waals surface area contributed by atoms with Crippen LogP contribution in [0.3, 0.4) is 0 Å². The lowest BCUT2D eigenvalue weighted by Gasteiger charge is -2.17. The lowest BCUT2D eigenvalue weighted by Crippen LogP contribution is -2.36. The third-order valence-corrected chi connectivity index (χ3v) is 2.09. The van der Waals surface area contributed by atoms with Gasteiger partial charge in [0.1, 0.15) is 12.4 Å². The molecule has 0 unspecified atom stereocenters. The van der Waals surface area contributed by atoms with Crippen molar-refractivity contribution in [2.24, 2.45) is 0 Å². The minimum Gasteiger partial charge on any atom is -0.492 e. The molecule has 0 spiro atoms. The van der Waals surface area contributed by atoms with Crippen LogP contribution in [0.1, 0.15) is 27.7 Å². The van der Waals surface area contributed by atoms with Crippen molar-refractivity contribution >= 4 is 11.8 Å². The SMILES string of the molecule is CC.CC(=O)N(CCOc1ccccc1)C(C)=O. The fourth-order valence-corrected chi connectivity index (χ4v) is 1.31. The molecule has 0 aromatic heterocycles. The highest BCUT2D eigenvalue weighted by atomic mass is 16.5. The number of rotatable bonds is 4. The highest BCUT2D eigenvalue weighted by Gasteiger charge is 2.12. The first-order valence-electron chi connectivity index (χ1n) is 6.08. The van der Waals surface area contributed by atoms with E-state index in [1.807, 2.05) is 44.2 Å². The van der Waals surface area contributed by atoms with Crippen LogP contribution in [0.2, 0.25) is 0 Å². The van der Waals surface area contributed by atoms with Crippen molar-refractivity contribution in [1.82, 2.24) is 4.90 Å². The Kier molecular flexibility index (Phi) is 8.27. The Morgan fingerprint density at radius 3 is 2.00 bits per heavy atom. The van der Waals surface area contributed by atoms with Gasteiger partial charge in [0.2, 0.25) is 11.8 Å². The number of carbonyl (C=O) groups is 2. The zero-order valence-electron chi connectivity index (χ0n) is 11.5. The molecule has 100 valence electrons. The monoisotopic (exact) mass is 251 g/mol. The summed E-state index contributed by atoms with van der Waals surface area (Å²) in [6.45, 7) is 7.32. The van der Waals surface area contributed by atoms with Gasteiger partial charge in [-0.15, -0.1) is 0 Å². The Morgan fingerprint density at radius 1 is 1.06 bits per heavy atom. The van der Waals surface area contributed by atoms with Crippen LogP contribution in [-0.4, -0.2) is 29.9 Å². The van der Waals surface area contributed by atoms with Gasteiger partial charge in [-0.05, 0) is 12.1 Å². The second-order valence-electron chi connectivity index (χ2n) is 3.35. The third kappa shape index (κ3) is 6.03. The summed E-state index contributed by atoms with van der Waals surface area (Å²) >= 11 is 0. The van der Waals surface area contributed by atoms with E-state index in [9.17, 15) is 9.59 Å². The molecular weight excluding hydrogens is 230 g/mol. The second-order valence-corrected chi connectivity index (χ2v) is 3.35. The molecule has 0 fully saturated rings. The van der Waals surface area contributed by atoms with Crippen LogP contribution >= 0.6 is 0 Å². The van der Waals surface area contributed by atoms with Crippen LogP contribution in [0.4, 0.5) is 0 Å². The van der Waals surface area contributed by atoms with Crippen LogP contribution in [0.15, 0.2) is 30.3 Å². The summed E-state index contributed by atoms with van der Waals surface area (Å²) in [7, 11) is 0. The van der Waals surface area contributed by atoms with Crippen molar-refractivity contribution in [3.63, 3.8) is 0 Å². The van der Waals surface area contributed by atoms with Crippen molar-refractivity contribution in [2.45, 2.75) is 27.7 Å². The van der Waals surface area contributed by atoms with Gasteiger partial charge in [0.05, 0.1) is 6.54 Å². The Hall–Kier alpha value is -1.84. The summed E-state index contributed by atoms with van der Waals surface area (Å²) < 4.78 is 5.39. The van der Waals surface area contributed by atoms with E-state index >= 15 is 0 Å². The molecule has 0 saturated carbocycles. The number of nitrogens with zero attached hydrogens (tertiary/aromatic N) is 1. The van der Waals surface area contributed by atoms with Crippen molar-refractivity contribution in [3.05, 3.63) is 30.3 Å². The quantitative estimate of drug-likeness (QED) is 0.826. The molecule has 1 aromatic rings. The van der Waals surface area contributed by atoms with Gasteiger partial charge in [0.25, 0.3) is 0 Å². The molecule has 18 heavy (non-hydrogen) atoms. The summed E-state index contributed by atoms with van der Waals surface area (Å²) in [4.78, 5) is 23.3. The average molecular weight is 251 g/mol. The van der Waals surface area contributed by atoms with Gasteiger partial charge in [-0.1, -0.05) is 32.0 Å². The van der Waals surface area contributed by atoms with E-state index in [-0.39, 0.29) is 18.4 Å². The minimum atomic E-state index is -0.260. The predicted octanol–water partition coefficient (Wildman–Crippen LogP) is 2.49. The van der Waals surface area contributed by atoms with E-state index in [4.69, 9.17) is 4.74 Å². The molecular formula is C14H21NO3. The third-order valence-electron chi connectivity index (χ3n) is 2.09. The molecule has 0 bridgehead atoms. The number of para-hydroxylation sites is 1. The molecule has 4 heteroatoms. The summed E-state index contributed by atoms with van der Waals surface area (Å²) in [6.07, 6.45) is 0. The van der Waals surface area contributed by atoms with Crippen molar-refractivity contribution < 1.29 is 14.3 Å². The van der Waals surface area contributed by atoms with Gasteiger partial charge in [-0.2, -0.15) is 0 Å². The molecule has 0 aliphatic rings. The number of ether oxygens (including phenoxy) is 1. The first kappa shape index (κ1) is 16.2. The Balaban J connectivity index is 0.00000137. The minimum absolute atomic E-state index is 0.260. The van der Waals surface area contributed by atoms with Crippen molar-refractivity contribution in [1.29, 1.82) is 0 Å². The highest BCUT2D eigenvalue weighted by molar-refractivity contribution is 5.92. The standard InChI is InChI=1S/C12H15NO3.C2H6/c1-10(14)13(11(2)15)8-9-16-12-6-4-3-5-7-12;1-2/h3-7H,8-9H2,1-2H3;1-2H3. The summed E-state index contributed by atoms with van der Waals surface area (Å²) in [5.74, 6) is 0.211. The molecule has 0 N–H and O–H groups in total. The summed E-state index contributed by atoms with van der Waals surface area (Å²) in [6, 6.07) is 9.27. The van der Waals surface area contributed by atoms with E-state index in [2.05, 4.69) is 0 Å². The van der Waals surface area contributed by atoms with Gasteiger partial charge in [0.15, 0.2) is 0 Å². The number of carbonyl (C=O) groups excluding carboxylic acids is 2. The number of amides is 2. The number of hydrogen-bond acceptors (Lipinski definition) is 3. The highest BCUT2D eigenvalue weighted by Crippen LogP contribution is 2.07. The molecule has 4 nitrogen and oxygen atoms in total. The van der Waals surface area contributed by atoms with Gasteiger partial charge >= 0.3 is 0 Å². The Bertz CT molecular complexity index is 349. The molecule has 0 saturated heterocycles. The summed E-state index contributed by atoms with van der Waals surface area (Å²) in [5, 5.41) is 0. The largest absolute Gasteiger partial charge is 0.492 e. The number of imide groups is 1. The number of hydrogen-bond donors (Lipinski definition) is 0. The molecule has 0 atom stereocenters. The first-order chi connectivity index (χ1) is 8.61. The van der Waals surface area contributed by atoms with Crippen LogP contribution in [0.5, 0.6) is 5.75 Å². The average Bonchev–Trinajstić information content (AvgIpc) is 2.37. The van der Waals surface area contributed by atoms with Gasteiger partial charge < -0.3 is 4.74 Å². The summed E-state index contributed by atoms with van der Waals surface area (Å²) in [5.41, 5.74) is 0. The van der Waals surface area contributed by atoms with E-state index in [1.54, 1.807) is 0 Å². The van der Waals surface area contributed by atoms with Crippen LogP contribution in [-0.2, 0) is 9.59 Å². The maximum absolute atomic E-state index is 11.1. The van der Waals surface area contributed by atoms with Gasteiger partial charge in [-0.25, -0.2) is 0 Å². The van der Waals surface area contributed by atoms with Crippen molar-refractivity contribution in [2.75, 3.05) is 13.2 Å². The first-order valence-corrected chi connectivity index (χ1v) is 6.08. The molecule has 2 amide bonds. The topological polar surface area (TPSA) is 46.6 Å². The van der Waals surface area contributed by atoms with Crippen LogP contribution < -0.4 is 4.74 Å². The van der Waals surface area contributed by atoms with Crippen molar-refractivity contribution in [3.8, 4) is 5.75 Å². The maximum Gasteiger partial charge on any atom is 0.226 e. The zero-order chi connectivity index (χ0) is 14.0. The fraction of sp³-hybridized carbons (Fsp3) is 0.429. The number of benzene rings is 1. The molecule has 0 heterocycles. The van der Waals surface area contributed by atoms with E-state index < -0.39 is 0 Å². The normalized spacial score (nSPS) is 8.89. The predicted molar refractivity (Wildman–Crippen MR) is 71.4 cm³/mol. The second kappa shape index (κ2) is 9.22. The smallest absolute Gasteiger partial charge is 0.226 e. The zero-order valence-corrected chi connectivity index (χ0v) is 11.5. The van der Waals surface area contributed by atoms with E-state index in [0.29, 0.717) is 6.61 Å². The van der Waals surface area contributed by atoms with Gasteiger partial charge in [0, 0.05) is 13.8 Å². The van der Waals surface area contributed by atoms with Gasteiger partial charge in [-0.3, -0.25) is 14.5 Å². The molecule has 1 aromatic carbocycles. The maximum atomic E-state index is 11.1. The van der Waals surface area contributed by atoms with E-state index in [0.717, 1.165) is 10.6 Å². The van der Waals surface area contributed by atoms with E-state index in [1.165, 1.54) is 13.8 Å². The molecule has 0 aliphatic heterocycles. The molecule has 1 rings (SSSR count). The molecule has 0 aliphatic carbocycles. The molecule has 0 radical (unpaired) electrons. The lowest BCUT2D eigenvalue weighted by molar-refractivity contribution is -0.142. The van der Waals surface area contributed by atoms with Crippen LogP contribution in [0.25, 0.3) is 0 Å². The van der Waals surface area contributed by atoms with Crippen LogP contribution in [0, 0.1) is 0 Å². The Morgan fingerprint density at radius 2 is 1.56 bits per heavy atom. The Labute approximate surface area is 109 Å².